The quantitative estimate of drug-likeness (QED) is 0.920. The molecule has 0 aromatic heterocycles. The zero-order valence-electron chi connectivity index (χ0n) is 15.3. The lowest BCUT2D eigenvalue weighted by Gasteiger charge is -2.34. The zero-order valence-corrected chi connectivity index (χ0v) is 15.3. The molecule has 0 bridgehead atoms. The predicted octanol–water partition coefficient (Wildman–Crippen LogP) is 3.00. The van der Waals surface area contributed by atoms with Crippen molar-refractivity contribution in [1.29, 1.82) is 0 Å². The lowest BCUT2D eigenvalue weighted by molar-refractivity contribution is -0.0670. The molecule has 1 aromatic rings. The van der Waals surface area contributed by atoms with Gasteiger partial charge in [-0.05, 0) is 56.4 Å². The van der Waals surface area contributed by atoms with Crippen molar-refractivity contribution in [2.45, 2.75) is 58.1 Å². The number of aliphatic hydroxyl groups is 1. The van der Waals surface area contributed by atoms with Gasteiger partial charge in [-0.1, -0.05) is 18.9 Å². The van der Waals surface area contributed by atoms with E-state index >= 15 is 0 Å². The molecule has 1 atom stereocenters. The summed E-state index contributed by atoms with van der Waals surface area (Å²) >= 11 is 0. The van der Waals surface area contributed by atoms with E-state index in [1.165, 1.54) is 36.8 Å². The Hall–Kier alpha value is -1.10. The molecule has 1 aliphatic heterocycles. The van der Waals surface area contributed by atoms with Gasteiger partial charge in [0.1, 0.15) is 18.0 Å². The number of benzene rings is 1. The second kappa shape index (κ2) is 7.42. The highest BCUT2D eigenvalue weighted by atomic mass is 16.5. The predicted molar refractivity (Wildman–Crippen MR) is 95.7 cm³/mol. The lowest BCUT2D eigenvalue weighted by atomic mass is 10.0. The molecular weight excluding hydrogens is 302 g/mol. The summed E-state index contributed by atoms with van der Waals surface area (Å²) in [5, 5.41) is 11.1. The van der Waals surface area contributed by atoms with Gasteiger partial charge in [0.15, 0.2) is 0 Å². The maximum atomic E-state index is 11.1. The van der Waals surface area contributed by atoms with Crippen LogP contribution in [0.3, 0.4) is 0 Å². The number of β-amino-alcohol motifs (C(OH)–C–C–N with tert-alkyl or cyclic N) is 1. The Morgan fingerprint density at radius 2 is 2.00 bits per heavy atom. The van der Waals surface area contributed by atoms with Crippen molar-refractivity contribution >= 4 is 0 Å². The first-order valence-corrected chi connectivity index (χ1v) is 9.22. The fourth-order valence-corrected chi connectivity index (χ4v) is 3.98. The molecule has 134 valence electrons. The van der Waals surface area contributed by atoms with Crippen molar-refractivity contribution in [1.82, 2.24) is 4.90 Å². The fraction of sp³-hybridized carbons (Fsp3) is 0.700. The number of aryl methyl sites for hydroxylation is 2. The van der Waals surface area contributed by atoms with Crippen molar-refractivity contribution in [3.8, 4) is 5.75 Å². The standard InChI is InChI=1S/C20H31NO3/c1-15-10-16(2)17(3)19(11-15)24-14-20(22)12-21(8-9-23-13-20)18-6-4-5-7-18/h10-11,18,22H,4-9,12-14H2,1-3H3/t20-/m1/s1. The third-order valence-corrected chi connectivity index (χ3v) is 5.49. The summed E-state index contributed by atoms with van der Waals surface area (Å²) in [5.41, 5.74) is 2.61. The second-order valence-corrected chi connectivity index (χ2v) is 7.68. The molecule has 1 aliphatic carbocycles. The maximum Gasteiger partial charge on any atom is 0.134 e. The first-order valence-electron chi connectivity index (χ1n) is 9.22. The summed E-state index contributed by atoms with van der Waals surface area (Å²) in [6, 6.07) is 4.81. The highest BCUT2D eigenvalue weighted by Gasteiger charge is 2.36. The van der Waals surface area contributed by atoms with Gasteiger partial charge < -0.3 is 14.6 Å². The molecule has 0 radical (unpaired) electrons. The average molecular weight is 333 g/mol. The topological polar surface area (TPSA) is 41.9 Å². The molecule has 1 aromatic carbocycles. The van der Waals surface area contributed by atoms with Crippen LogP contribution < -0.4 is 4.74 Å². The van der Waals surface area contributed by atoms with Crippen LogP contribution in [0.4, 0.5) is 0 Å². The number of hydrogen-bond donors (Lipinski definition) is 1. The van der Waals surface area contributed by atoms with Crippen molar-refractivity contribution in [3.63, 3.8) is 0 Å². The van der Waals surface area contributed by atoms with Gasteiger partial charge in [0, 0.05) is 19.1 Å². The summed E-state index contributed by atoms with van der Waals surface area (Å²) in [7, 11) is 0. The van der Waals surface area contributed by atoms with E-state index in [0.717, 1.165) is 17.9 Å². The van der Waals surface area contributed by atoms with E-state index in [1.54, 1.807) is 0 Å². The summed E-state index contributed by atoms with van der Waals surface area (Å²) < 4.78 is 11.7. The summed E-state index contributed by atoms with van der Waals surface area (Å²) in [6.45, 7) is 9.12. The summed E-state index contributed by atoms with van der Waals surface area (Å²) in [5.74, 6) is 0.873. The molecule has 2 fully saturated rings. The minimum absolute atomic E-state index is 0.278. The van der Waals surface area contributed by atoms with Crippen molar-refractivity contribution in [2.75, 3.05) is 32.9 Å². The average Bonchev–Trinajstić information content (AvgIpc) is 3.00. The Labute approximate surface area is 145 Å². The second-order valence-electron chi connectivity index (χ2n) is 7.68. The molecule has 1 heterocycles. The van der Waals surface area contributed by atoms with Crippen molar-refractivity contribution in [2.24, 2.45) is 0 Å². The third-order valence-electron chi connectivity index (χ3n) is 5.49. The molecule has 24 heavy (non-hydrogen) atoms. The van der Waals surface area contributed by atoms with Crippen LogP contribution in [0.2, 0.25) is 0 Å². The molecule has 4 heteroatoms. The van der Waals surface area contributed by atoms with Crippen LogP contribution in [0, 0.1) is 20.8 Å². The van der Waals surface area contributed by atoms with Crippen molar-refractivity contribution < 1.29 is 14.6 Å². The van der Waals surface area contributed by atoms with Crippen LogP contribution >= 0.6 is 0 Å². The smallest absolute Gasteiger partial charge is 0.134 e. The summed E-state index contributed by atoms with van der Waals surface area (Å²) in [6.07, 6.45) is 5.09. The lowest BCUT2D eigenvalue weighted by Crippen LogP contribution is -2.51. The molecule has 0 spiro atoms. The van der Waals surface area contributed by atoms with Gasteiger partial charge in [-0.15, -0.1) is 0 Å². The van der Waals surface area contributed by atoms with Crippen LogP contribution in [0.15, 0.2) is 12.1 Å². The highest BCUT2D eigenvalue weighted by Crippen LogP contribution is 2.28. The molecular formula is C20H31NO3. The van der Waals surface area contributed by atoms with Crippen LogP contribution in [0.1, 0.15) is 42.4 Å². The Morgan fingerprint density at radius 1 is 1.25 bits per heavy atom. The Balaban J connectivity index is 1.68. The molecule has 2 aliphatic rings. The Kier molecular flexibility index (Phi) is 5.48. The van der Waals surface area contributed by atoms with E-state index in [2.05, 4.69) is 37.8 Å². The monoisotopic (exact) mass is 333 g/mol. The maximum absolute atomic E-state index is 11.1. The molecule has 3 rings (SSSR count). The highest BCUT2D eigenvalue weighted by molar-refractivity contribution is 5.42. The Bertz CT molecular complexity index is 568. The van der Waals surface area contributed by atoms with Gasteiger partial charge in [-0.25, -0.2) is 0 Å². The first kappa shape index (κ1) is 17.7. The van der Waals surface area contributed by atoms with E-state index in [0.29, 0.717) is 25.8 Å². The molecule has 1 saturated carbocycles. The third kappa shape index (κ3) is 4.11. The van der Waals surface area contributed by atoms with Gasteiger partial charge in [-0.3, -0.25) is 4.90 Å². The molecule has 1 N–H and O–H groups in total. The number of rotatable bonds is 4. The molecule has 1 saturated heterocycles. The molecule has 0 unspecified atom stereocenters. The van der Waals surface area contributed by atoms with Crippen LogP contribution in [0.5, 0.6) is 5.75 Å². The van der Waals surface area contributed by atoms with Crippen molar-refractivity contribution in [3.05, 3.63) is 28.8 Å². The minimum Gasteiger partial charge on any atom is -0.490 e. The van der Waals surface area contributed by atoms with Gasteiger partial charge in [-0.2, -0.15) is 0 Å². The fourth-order valence-electron chi connectivity index (χ4n) is 3.98. The summed E-state index contributed by atoms with van der Waals surface area (Å²) in [4.78, 5) is 2.41. The largest absolute Gasteiger partial charge is 0.490 e. The van der Waals surface area contributed by atoms with E-state index in [-0.39, 0.29) is 6.61 Å². The SMILES string of the molecule is Cc1cc(C)c(C)c(OC[C@]2(O)COCCN(C3CCCC3)C2)c1. The first-order chi connectivity index (χ1) is 11.5. The van der Waals surface area contributed by atoms with Gasteiger partial charge in [0.25, 0.3) is 0 Å². The van der Waals surface area contributed by atoms with E-state index in [4.69, 9.17) is 9.47 Å². The number of nitrogens with zero attached hydrogens (tertiary/aromatic N) is 1. The van der Waals surface area contributed by atoms with E-state index in [1.807, 2.05) is 0 Å². The Morgan fingerprint density at radius 3 is 2.75 bits per heavy atom. The minimum atomic E-state index is -0.941. The molecule has 4 nitrogen and oxygen atoms in total. The van der Waals surface area contributed by atoms with Crippen LogP contribution in [0.25, 0.3) is 0 Å². The van der Waals surface area contributed by atoms with Crippen LogP contribution in [-0.4, -0.2) is 54.6 Å². The van der Waals surface area contributed by atoms with Crippen LogP contribution in [-0.2, 0) is 4.74 Å². The van der Waals surface area contributed by atoms with Gasteiger partial charge >= 0.3 is 0 Å². The van der Waals surface area contributed by atoms with Gasteiger partial charge in [0.05, 0.1) is 13.2 Å². The normalized spacial score (nSPS) is 26.5. The number of hydrogen-bond acceptors (Lipinski definition) is 4. The van der Waals surface area contributed by atoms with E-state index in [9.17, 15) is 5.11 Å². The van der Waals surface area contributed by atoms with Gasteiger partial charge in [0.2, 0.25) is 0 Å². The van der Waals surface area contributed by atoms with E-state index < -0.39 is 5.60 Å². The molecule has 0 amide bonds. The zero-order chi connectivity index (χ0) is 17.2. The number of ether oxygens (including phenoxy) is 2.